The number of carbonyl (C=O) groups is 1. The Balaban J connectivity index is 2.91. The fourth-order valence-electron chi connectivity index (χ4n) is 1.02. The van der Waals surface area contributed by atoms with Gasteiger partial charge in [0.15, 0.2) is 0 Å². The number of H-pyrrole nitrogens is 1. The van der Waals surface area contributed by atoms with Crippen LogP contribution in [0, 0.1) is 6.92 Å². The van der Waals surface area contributed by atoms with Gasteiger partial charge < -0.3 is 10.3 Å². The van der Waals surface area contributed by atoms with Crippen LogP contribution in [0.1, 0.15) is 36.1 Å². The predicted molar refractivity (Wildman–Crippen MR) is 56.9 cm³/mol. The third-order valence-electron chi connectivity index (χ3n) is 1.52. The Labute approximate surface area is 86.4 Å². The number of amides is 1. The van der Waals surface area contributed by atoms with Crippen LogP contribution in [0.5, 0.6) is 0 Å². The van der Waals surface area contributed by atoms with Crippen molar-refractivity contribution < 1.29 is 4.79 Å². The lowest BCUT2D eigenvalue weighted by Gasteiger charge is -2.19. The summed E-state index contributed by atoms with van der Waals surface area (Å²) in [5.74, 6) is -0.196. The molecule has 2 N–H and O–H groups in total. The van der Waals surface area contributed by atoms with E-state index in [0.29, 0.717) is 10.6 Å². The molecule has 78 valence electrons. The Morgan fingerprint density at radius 3 is 2.36 bits per heavy atom. The van der Waals surface area contributed by atoms with Gasteiger partial charge in [0.2, 0.25) is 0 Å². The molecule has 0 unspecified atom stereocenters. The predicted octanol–water partition coefficient (Wildman–Crippen LogP) is 1.27. The van der Waals surface area contributed by atoms with Crippen molar-refractivity contribution in [3.63, 3.8) is 0 Å². The fraction of sp³-hybridized carbons (Fsp3) is 0.556. The molecule has 1 amide bonds. The normalized spacial score (nSPS) is 11.4. The van der Waals surface area contributed by atoms with Gasteiger partial charge in [0, 0.05) is 11.2 Å². The van der Waals surface area contributed by atoms with Crippen molar-refractivity contribution in [3.8, 4) is 0 Å². The van der Waals surface area contributed by atoms with Crippen molar-refractivity contribution in [2.45, 2.75) is 33.2 Å². The van der Waals surface area contributed by atoms with Crippen molar-refractivity contribution in [2.24, 2.45) is 0 Å². The van der Waals surface area contributed by atoms with Crippen LogP contribution in [0.15, 0.2) is 4.79 Å². The Hall–Kier alpha value is -1.10. The van der Waals surface area contributed by atoms with Crippen LogP contribution >= 0.6 is 11.3 Å². The molecule has 0 aliphatic heterocycles. The highest BCUT2D eigenvalue weighted by Crippen LogP contribution is 2.10. The van der Waals surface area contributed by atoms with Gasteiger partial charge in [-0.05, 0) is 27.7 Å². The summed E-state index contributed by atoms with van der Waals surface area (Å²) in [7, 11) is 0. The zero-order valence-electron chi connectivity index (χ0n) is 8.72. The van der Waals surface area contributed by atoms with Crippen molar-refractivity contribution in [3.05, 3.63) is 20.2 Å². The number of nitrogens with one attached hydrogen (secondary N) is 2. The molecule has 1 rings (SSSR count). The first-order valence-corrected chi connectivity index (χ1v) is 5.13. The molecule has 4 nitrogen and oxygen atoms in total. The molecule has 1 aromatic rings. The molecule has 0 bridgehead atoms. The molecule has 1 heterocycles. The van der Waals surface area contributed by atoms with Gasteiger partial charge in [-0.25, -0.2) is 0 Å². The van der Waals surface area contributed by atoms with Crippen LogP contribution in [0.4, 0.5) is 0 Å². The SMILES string of the molecule is Cc1[nH]c(=O)sc1C(=O)NC(C)(C)C. The number of aryl methyl sites for hydroxylation is 1. The average molecular weight is 214 g/mol. The van der Waals surface area contributed by atoms with Crippen LogP contribution in [-0.4, -0.2) is 16.4 Å². The zero-order chi connectivity index (χ0) is 10.9. The van der Waals surface area contributed by atoms with Gasteiger partial charge in [-0.3, -0.25) is 9.59 Å². The summed E-state index contributed by atoms with van der Waals surface area (Å²) in [6, 6.07) is 0. The maximum atomic E-state index is 11.6. The summed E-state index contributed by atoms with van der Waals surface area (Å²) >= 11 is 0.940. The molecule has 0 atom stereocenters. The Morgan fingerprint density at radius 2 is 2.00 bits per heavy atom. The second kappa shape index (κ2) is 3.57. The Morgan fingerprint density at radius 1 is 1.43 bits per heavy atom. The highest BCUT2D eigenvalue weighted by Gasteiger charge is 2.18. The summed E-state index contributed by atoms with van der Waals surface area (Å²) in [5, 5.41) is 2.80. The smallest absolute Gasteiger partial charge is 0.305 e. The monoisotopic (exact) mass is 214 g/mol. The van der Waals surface area contributed by atoms with E-state index in [0.717, 1.165) is 11.3 Å². The van der Waals surface area contributed by atoms with E-state index in [9.17, 15) is 9.59 Å². The summed E-state index contributed by atoms with van der Waals surface area (Å²) in [6.45, 7) is 7.41. The molecule has 5 heteroatoms. The van der Waals surface area contributed by atoms with Crippen LogP contribution in [0.2, 0.25) is 0 Å². The van der Waals surface area contributed by atoms with E-state index < -0.39 is 0 Å². The minimum atomic E-state index is -0.281. The van der Waals surface area contributed by atoms with Gasteiger partial charge in [0.1, 0.15) is 4.88 Å². The lowest BCUT2D eigenvalue weighted by molar-refractivity contribution is 0.0923. The zero-order valence-corrected chi connectivity index (χ0v) is 9.54. The molecule has 0 saturated heterocycles. The number of rotatable bonds is 1. The number of hydrogen-bond acceptors (Lipinski definition) is 3. The second-order valence-electron chi connectivity index (χ2n) is 4.17. The van der Waals surface area contributed by atoms with Crippen LogP contribution in [-0.2, 0) is 0 Å². The van der Waals surface area contributed by atoms with Gasteiger partial charge >= 0.3 is 4.87 Å². The van der Waals surface area contributed by atoms with E-state index in [1.54, 1.807) is 6.92 Å². The largest absolute Gasteiger partial charge is 0.347 e. The van der Waals surface area contributed by atoms with Crippen molar-refractivity contribution in [1.29, 1.82) is 0 Å². The molecule has 0 radical (unpaired) electrons. The molecule has 0 spiro atoms. The first kappa shape index (κ1) is 11.0. The number of aromatic amines is 1. The third kappa shape index (κ3) is 2.70. The maximum absolute atomic E-state index is 11.6. The number of hydrogen-bond donors (Lipinski definition) is 2. The average Bonchev–Trinajstić information content (AvgIpc) is 2.26. The van der Waals surface area contributed by atoms with E-state index in [2.05, 4.69) is 10.3 Å². The Bertz CT molecular complexity index is 398. The third-order valence-corrected chi connectivity index (χ3v) is 2.50. The van der Waals surface area contributed by atoms with Crippen LogP contribution < -0.4 is 10.2 Å². The molecule has 0 aromatic carbocycles. The van der Waals surface area contributed by atoms with Gasteiger partial charge in [-0.1, -0.05) is 11.3 Å². The number of thiazole rings is 1. The molecule has 14 heavy (non-hydrogen) atoms. The van der Waals surface area contributed by atoms with Gasteiger partial charge in [0.05, 0.1) is 0 Å². The summed E-state index contributed by atoms with van der Waals surface area (Å²) < 4.78 is 0. The first-order chi connectivity index (χ1) is 6.29. The molecule has 0 saturated carbocycles. The molecule has 0 aliphatic rings. The summed E-state index contributed by atoms with van der Waals surface area (Å²) in [6.07, 6.45) is 0. The molecule has 0 aliphatic carbocycles. The van der Waals surface area contributed by atoms with Crippen LogP contribution in [0.25, 0.3) is 0 Å². The van der Waals surface area contributed by atoms with E-state index in [1.807, 2.05) is 20.8 Å². The van der Waals surface area contributed by atoms with Crippen molar-refractivity contribution in [2.75, 3.05) is 0 Å². The van der Waals surface area contributed by atoms with E-state index in [4.69, 9.17) is 0 Å². The fourth-order valence-corrected chi connectivity index (χ4v) is 1.76. The standard InChI is InChI=1S/C9H14N2O2S/c1-5-6(14-8(13)10-5)7(12)11-9(2,3)4/h1-4H3,(H,10,13)(H,11,12). The summed E-state index contributed by atoms with van der Waals surface area (Å²) in [4.78, 5) is 25.4. The topological polar surface area (TPSA) is 62.0 Å². The van der Waals surface area contributed by atoms with Gasteiger partial charge in [-0.15, -0.1) is 0 Å². The molecular formula is C9H14N2O2S. The number of aromatic nitrogens is 1. The highest BCUT2D eigenvalue weighted by atomic mass is 32.1. The number of carbonyl (C=O) groups excluding carboxylic acids is 1. The highest BCUT2D eigenvalue weighted by molar-refractivity contribution is 7.11. The van der Waals surface area contributed by atoms with Gasteiger partial charge in [0.25, 0.3) is 5.91 Å². The molecule has 0 fully saturated rings. The van der Waals surface area contributed by atoms with Gasteiger partial charge in [-0.2, -0.15) is 0 Å². The molecule has 1 aromatic heterocycles. The lowest BCUT2D eigenvalue weighted by Crippen LogP contribution is -2.40. The van der Waals surface area contributed by atoms with E-state index in [1.165, 1.54) is 0 Å². The van der Waals surface area contributed by atoms with E-state index in [-0.39, 0.29) is 16.3 Å². The second-order valence-corrected chi connectivity index (χ2v) is 5.16. The first-order valence-electron chi connectivity index (χ1n) is 4.32. The summed E-state index contributed by atoms with van der Waals surface area (Å²) in [5.41, 5.74) is 0.345. The minimum Gasteiger partial charge on any atom is -0.347 e. The molecular weight excluding hydrogens is 200 g/mol. The van der Waals surface area contributed by atoms with Crippen molar-refractivity contribution in [1.82, 2.24) is 10.3 Å². The quantitative estimate of drug-likeness (QED) is 0.739. The van der Waals surface area contributed by atoms with E-state index >= 15 is 0 Å². The maximum Gasteiger partial charge on any atom is 0.305 e. The van der Waals surface area contributed by atoms with Crippen LogP contribution in [0.3, 0.4) is 0 Å². The Kier molecular flexibility index (Phi) is 2.80. The minimum absolute atomic E-state index is 0.193. The lowest BCUT2D eigenvalue weighted by atomic mass is 10.1. The van der Waals surface area contributed by atoms with Crippen molar-refractivity contribution >= 4 is 17.2 Å².